The molecule has 158 valence electrons. The second-order valence-corrected chi connectivity index (χ2v) is 7.87. The number of nitrogens with zero attached hydrogens (tertiary/aromatic N) is 1. The van der Waals surface area contributed by atoms with Crippen LogP contribution in [0.2, 0.25) is 0 Å². The topological polar surface area (TPSA) is 68.0 Å². The summed E-state index contributed by atoms with van der Waals surface area (Å²) in [6, 6.07) is 18.3. The first-order valence-electron chi connectivity index (χ1n) is 10.2. The van der Waals surface area contributed by atoms with Crippen LogP contribution < -0.4 is 11.1 Å². The molecule has 0 atom stereocenters. The lowest BCUT2D eigenvalue weighted by Crippen LogP contribution is -2.15. The van der Waals surface area contributed by atoms with Crippen molar-refractivity contribution in [2.45, 2.75) is 12.8 Å². The molecule has 0 saturated carbocycles. The summed E-state index contributed by atoms with van der Waals surface area (Å²) in [4.78, 5) is 16.8. The monoisotopic (exact) mass is 427 g/mol. The van der Waals surface area contributed by atoms with E-state index in [-0.39, 0.29) is 5.91 Å². The molecule has 3 N–H and O–H groups in total. The van der Waals surface area contributed by atoms with Gasteiger partial charge in [-0.05, 0) is 71.0 Å². The number of carbonyl (C=O) groups excluding carboxylic acids is 1. The van der Waals surface area contributed by atoms with Gasteiger partial charge >= 0.3 is 0 Å². The van der Waals surface area contributed by atoms with E-state index in [2.05, 4.69) is 10.3 Å². The summed E-state index contributed by atoms with van der Waals surface area (Å²) in [5.41, 5.74) is 12.3. The van der Waals surface area contributed by atoms with Crippen molar-refractivity contribution >= 4 is 17.4 Å². The normalized spacial score (nSPS) is 12.1. The molecule has 0 unspecified atom stereocenters. The molecule has 0 fully saturated rings. The number of rotatable bonds is 3. The molecule has 5 rings (SSSR count). The Balaban J connectivity index is 1.42. The molecule has 0 radical (unpaired) electrons. The highest BCUT2D eigenvalue weighted by Crippen LogP contribution is 2.32. The Labute approximate surface area is 183 Å². The Morgan fingerprint density at radius 2 is 1.59 bits per heavy atom. The lowest BCUT2D eigenvalue weighted by Gasteiger charge is -2.21. The first-order chi connectivity index (χ1) is 15.5. The highest BCUT2D eigenvalue weighted by Gasteiger charge is 2.19. The highest BCUT2D eigenvalue weighted by molar-refractivity contribution is 6.04. The molecule has 4 aromatic rings. The van der Waals surface area contributed by atoms with Crippen molar-refractivity contribution in [3.8, 4) is 11.1 Å². The summed E-state index contributed by atoms with van der Waals surface area (Å²) in [5.74, 6) is -1.06. The fraction of sp³-hybridized carbons (Fsp3) is 0.0769. The summed E-state index contributed by atoms with van der Waals surface area (Å²) < 4.78 is 27.5. The van der Waals surface area contributed by atoms with Crippen LogP contribution in [0.1, 0.15) is 32.6 Å². The van der Waals surface area contributed by atoms with Crippen LogP contribution in [0.25, 0.3) is 11.1 Å². The van der Waals surface area contributed by atoms with E-state index in [1.165, 1.54) is 18.3 Å². The third kappa shape index (κ3) is 3.83. The SMILES string of the molecule is Nc1ccnc(NC(=O)c2ccc3c(c2)Cc2cc(-c4ccc(F)cc4F)ccc2C3)c1. The lowest BCUT2D eigenvalue weighted by molar-refractivity contribution is 0.102. The van der Waals surface area contributed by atoms with Gasteiger partial charge in [0.25, 0.3) is 5.91 Å². The predicted molar refractivity (Wildman–Crippen MR) is 120 cm³/mol. The Bertz CT molecular complexity index is 1370. The fourth-order valence-electron chi connectivity index (χ4n) is 4.07. The smallest absolute Gasteiger partial charge is 0.256 e. The maximum Gasteiger partial charge on any atom is 0.256 e. The van der Waals surface area contributed by atoms with E-state index in [4.69, 9.17) is 5.73 Å². The number of aromatic nitrogens is 1. The van der Waals surface area contributed by atoms with Crippen LogP contribution in [0, 0.1) is 11.6 Å². The molecule has 3 aromatic carbocycles. The van der Waals surface area contributed by atoms with Gasteiger partial charge in [-0.2, -0.15) is 0 Å². The average Bonchev–Trinajstić information content (AvgIpc) is 2.77. The van der Waals surface area contributed by atoms with Crippen LogP contribution in [0.4, 0.5) is 20.3 Å². The minimum absolute atomic E-state index is 0.265. The van der Waals surface area contributed by atoms with Crippen molar-refractivity contribution < 1.29 is 13.6 Å². The van der Waals surface area contributed by atoms with Gasteiger partial charge in [-0.15, -0.1) is 0 Å². The Morgan fingerprint density at radius 1 is 0.844 bits per heavy atom. The third-order valence-electron chi connectivity index (χ3n) is 5.70. The number of hydrogen-bond acceptors (Lipinski definition) is 3. The summed E-state index contributed by atoms with van der Waals surface area (Å²) >= 11 is 0. The number of benzene rings is 3. The van der Waals surface area contributed by atoms with Gasteiger partial charge < -0.3 is 11.1 Å². The van der Waals surface area contributed by atoms with Crippen LogP contribution in [0.3, 0.4) is 0 Å². The van der Waals surface area contributed by atoms with Crippen molar-refractivity contribution in [2.75, 3.05) is 11.1 Å². The van der Waals surface area contributed by atoms with E-state index in [1.54, 1.807) is 18.2 Å². The quantitative estimate of drug-likeness (QED) is 0.408. The van der Waals surface area contributed by atoms with Gasteiger partial charge in [0.05, 0.1) is 0 Å². The Morgan fingerprint density at radius 3 is 2.38 bits per heavy atom. The number of fused-ring (bicyclic) bond motifs is 2. The van der Waals surface area contributed by atoms with E-state index in [9.17, 15) is 13.6 Å². The predicted octanol–water partition coefficient (Wildman–Crippen LogP) is 5.36. The molecule has 1 amide bonds. The first kappa shape index (κ1) is 19.9. The number of carbonyl (C=O) groups is 1. The van der Waals surface area contributed by atoms with Gasteiger partial charge in [-0.1, -0.05) is 24.3 Å². The van der Waals surface area contributed by atoms with E-state index in [1.807, 2.05) is 30.3 Å². The van der Waals surface area contributed by atoms with Gasteiger partial charge in [0.1, 0.15) is 17.5 Å². The number of hydrogen-bond donors (Lipinski definition) is 2. The maximum atomic E-state index is 14.3. The molecule has 0 spiro atoms. The van der Waals surface area contributed by atoms with Crippen LogP contribution in [-0.4, -0.2) is 10.9 Å². The minimum Gasteiger partial charge on any atom is -0.399 e. The highest BCUT2D eigenvalue weighted by atomic mass is 19.1. The Hall–Kier alpha value is -4.06. The molecule has 1 aromatic heterocycles. The number of amides is 1. The average molecular weight is 427 g/mol. The second kappa shape index (κ2) is 7.89. The molecule has 0 aliphatic heterocycles. The van der Waals surface area contributed by atoms with Gasteiger partial charge in [-0.3, -0.25) is 4.79 Å². The molecule has 1 heterocycles. The van der Waals surface area contributed by atoms with Crippen molar-refractivity contribution in [2.24, 2.45) is 0 Å². The molecule has 1 aliphatic carbocycles. The molecule has 32 heavy (non-hydrogen) atoms. The third-order valence-corrected chi connectivity index (χ3v) is 5.70. The van der Waals surface area contributed by atoms with Crippen LogP contribution in [-0.2, 0) is 12.8 Å². The van der Waals surface area contributed by atoms with E-state index < -0.39 is 11.6 Å². The first-order valence-corrected chi connectivity index (χ1v) is 10.2. The van der Waals surface area contributed by atoms with Crippen LogP contribution >= 0.6 is 0 Å². The largest absolute Gasteiger partial charge is 0.399 e. The summed E-state index contributed by atoms with van der Waals surface area (Å²) in [6.45, 7) is 0. The number of anilines is 2. The second-order valence-electron chi connectivity index (χ2n) is 7.87. The standard InChI is InChI=1S/C26H19F2N3O/c27-21-5-6-23(24(28)13-21)17-3-1-15-9-16-2-4-18(11-20(16)12-19(15)10-17)26(32)31-25-14-22(29)7-8-30-25/h1-8,10-11,13-14H,9,12H2,(H3,29,30,31,32). The minimum atomic E-state index is -0.600. The molecule has 0 bridgehead atoms. The summed E-state index contributed by atoms with van der Waals surface area (Å²) in [6.07, 6.45) is 2.89. The van der Waals surface area contributed by atoms with Crippen LogP contribution in [0.15, 0.2) is 72.9 Å². The Kier molecular flexibility index (Phi) is 4.90. The number of halogens is 2. The maximum absolute atomic E-state index is 14.3. The molecule has 1 aliphatic rings. The van der Waals surface area contributed by atoms with Crippen molar-refractivity contribution in [1.29, 1.82) is 0 Å². The van der Waals surface area contributed by atoms with E-state index in [0.29, 0.717) is 34.6 Å². The van der Waals surface area contributed by atoms with Crippen LogP contribution in [0.5, 0.6) is 0 Å². The van der Waals surface area contributed by atoms with E-state index >= 15 is 0 Å². The number of nitrogens with one attached hydrogen (secondary N) is 1. The number of pyridine rings is 1. The van der Waals surface area contributed by atoms with Crippen molar-refractivity contribution in [3.63, 3.8) is 0 Å². The molecular weight excluding hydrogens is 408 g/mol. The zero-order valence-electron chi connectivity index (χ0n) is 17.0. The summed E-state index contributed by atoms with van der Waals surface area (Å²) in [5, 5.41) is 2.76. The van der Waals surface area contributed by atoms with Crippen molar-refractivity contribution in [1.82, 2.24) is 4.98 Å². The molecule has 0 saturated heterocycles. The summed E-state index contributed by atoms with van der Waals surface area (Å²) in [7, 11) is 0. The fourth-order valence-corrected chi connectivity index (χ4v) is 4.07. The van der Waals surface area contributed by atoms with Gasteiger partial charge in [0, 0.05) is 35.1 Å². The van der Waals surface area contributed by atoms with Gasteiger partial charge in [0.15, 0.2) is 0 Å². The van der Waals surface area contributed by atoms with Gasteiger partial charge in [-0.25, -0.2) is 13.8 Å². The van der Waals surface area contributed by atoms with E-state index in [0.717, 1.165) is 34.7 Å². The molecule has 6 heteroatoms. The van der Waals surface area contributed by atoms with Gasteiger partial charge in [0.2, 0.25) is 0 Å². The lowest BCUT2D eigenvalue weighted by atomic mass is 9.83. The van der Waals surface area contributed by atoms with Crippen molar-refractivity contribution in [3.05, 3.63) is 112 Å². The zero-order valence-corrected chi connectivity index (χ0v) is 17.0. The molecule has 4 nitrogen and oxygen atoms in total. The molecular formula is C26H19F2N3O. The number of nitrogen functional groups attached to an aromatic ring is 1. The number of nitrogens with two attached hydrogens (primary N) is 1. The zero-order chi connectivity index (χ0) is 22.2.